The number of aromatic nitrogens is 3. The number of nitrogens with one attached hydrogen (secondary N) is 1. The molecule has 1 aromatic carbocycles. The molecule has 3 aromatic rings. The lowest BCUT2D eigenvalue weighted by molar-refractivity contribution is 0.227. The van der Waals surface area contributed by atoms with Gasteiger partial charge in [-0.25, -0.2) is 9.37 Å². The minimum absolute atomic E-state index is 0.0108. The number of nitrogens with two attached hydrogens (primary N) is 1. The van der Waals surface area contributed by atoms with Crippen LogP contribution in [0.3, 0.4) is 0 Å². The number of piperidine rings is 1. The molecule has 0 radical (unpaired) electrons. The molecule has 1 fully saturated rings. The molecule has 0 spiro atoms. The van der Waals surface area contributed by atoms with Gasteiger partial charge < -0.3 is 15.8 Å². The van der Waals surface area contributed by atoms with Crippen LogP contribution in [0.2, 0.25) is 10.0 Å². The van der Waals surface area contributed by atoms with Crippen molar-refractivity contribution in [2.24, 2.45) is 0 Å². The van der Waals surface area contributed by atoms with Gasteiger partial charge in [0.15, 0.2) is 11.6 Å². The summed E-state index contributed by atoms with van der Waals surface area (Å²) in [6, 6.07) is 3.06. The number of nitrogen functional groups attached to an aromatic ring is 1. The van der Waals surface area contributed by atoms with Crippen LogP contribution in [0.4, 0.5) is 10.2 Å². The van der Waals surface area contributed by atoms with Crippen molar-refractivity contribution in [3.05, 3.63) is 58.2 Å². The quantitative estimate of drug-likeness (QED) is 0.529. The summed E-state index contributed by atoms with van der Waals surface area (Å²) in [5, 5.41) is 7.12. The fourth-order valence-electron chi connectivity index (χ4n) is 3.16. The highest BCUT2D eigenvalue weighted by atomic mass is 35.5. The molecule has 4 rings (SSSR count). The van der Waals surface area contributed by atoms with Crippen molar-refractivity contribution in [1.29, 1.82) is 0 Å². The van der Waals surface area contributed by atoms with E-state index in [1.54, 1.807) is 19.2 Å². The predicted molar refractivity (Wildman–Crippen MR) is 116 cm³/mol. The van der Waals surface area contributed by atoms with Crippen LogP contribution >= 0.6 is 23.2 Å². The Labute approximate surface area is 189 Å². The van der Waals surface area contributed by atoms with Gasteiger partial charge in [-0.2, -0.15) is 5.10 Å². The molecule has 158 valence electrons. The Hall–Kier alpha value is -2.35. The average molecular weight is 454 g/mol. The van der Waals surface area contributed by atoms with E-state index < -0.39 is 30.7 Å². The summed E-state index contributed by atoms with van der Waals surface area (Å²) in [5.41, 5.74) is 7.40. The van der Waals surface area contributed by atoms with Gasteiger partial charge in [0, 0.05) is 39.6 Å². The minimum Gasteiger partial charge on any atom is -0.482 e. The summed E-state index contributed by atoms with van der Waals surface area (Å²) >= 11 is 12.3. The Morgan fingerprint density at radius 2 is 2.07 bits per heavy atom. The average Bonchev–Trinajstić information content (AvgIpc) is 3.20. The SMILES string of the molecule is [2H]C1([2H])CNCC([2H])([2H])C1n1cc(-c2cnc(N)c(OC(C)c3c(Cl)ccc(F)c3Cl)c2)cn1. The number of halogens is 3. The molecule has 3 heterocycles. The van der Waals surface area contributed by atoms with E-state index in [0.29, 0.717) is 11.1 Å². The molecular formula is C21H22Cl2FN5O. The number of benzene rings is 1. The second-order valence-corrected chi connectivity index (χ2v) is 7.53. The van der Waals surface area contributed by atoms with E-state index >= 15 is 0 Å². The molecule has 3 N–H and O–H groups in total. The molecular weight excluding hydrogens is 428 g/mol. The molecule has 1 atom stereocenters. The number of nitrogens with zero attached hydrogens (tertiary/aromatic N) is 3. The van der Waals surface area contributed by atoms with Crippen LogP contribution < -0.4 is 15.8 Å². The summed E-state index contributed by atoms with van der Waals surface area (Å²) in [4.78, 5) is 4.16. The van der Waals surface area contributed by atoms with Crippen LogP contribution in [0.5, 0.6) is 5.75 Å². The van der Waals surface area contributed by atoms with Gasteiger partial charge >= 0.3 is 0 Å². The first-order valence-electron chi connectivity index (χ1n) is 11.2. The highest BCUT2D eigenvalue weighted by Gasteiger charge is 2.21. The van der Waals surface area contributed by atoms with Gasteiger partial charge in [0.05, 0.1) is 17.3 Å². The largest absolute Gasteiger partial charge is 0.482 e. The van der Waals surface area contributed by atoms with Crippen LogP contribution in [0.1, 0.15) is 42.9 Å². The van der Waals surface area contributed by atoms with Crippen molar-refractivity contribution in [2.45, 2.75) is 31.8 Å². The third kappa shape index (κ3) is 4.24. The van der Waals surface area contributed by atoms with Crippen LogP contribution in [0, 0.1) is 5.82 Å². The summed E-state index contributed by atoms with van der Waals surface area (Å²) in [6.45, 7) is 1.67. The third-order valence-corrected chi connectivity index (χ3v) is 5.43. The predicted octanol–water partition coefficient (Wildman–Crippen LogP) is 5.04. The van der Waals surface area contributed by atoms with E-state index in [0.717, 1.165) is 0 Å². The number of hydrogen-bond acceptors (Lipinski definition) is 5. The number of pyridine rings is 1. The number of rotatable bonds is 5. The first kappa shape index (κ1) is 16.4. The zero-order valence-corrected chi connectivity index (χ0v) is 17.5. The standard InChI is InChI=1S/C21H22Cl2FN5O/c1-12(19-16(22)2-3-17(24)20(19)23)30-18-8-13(9-27-21(18)25)14-10-28-29(11-14)15-4-6-26-7-5-15/h2-3,8-12,15,26H,4-7H2,1H3,(H2,25,27)/i4D2,5D2. The lowest BCUT2D eigenvalue weighted by atomic mass is 10.1. The second kappa shape index (κ2) is 8.79. The Morgan fingerprint density at radius 1 is 1.30 bits per heavy atom. The molecule has 9 heteroatoms. The molecule has 0 bridgehead atoms. The maximum Gasteiger partial charge on any atom is 0.166 e. The molecule has 0 amide bonds. The highest BCUT2D eigenvalue weighted by Crippen LogP contribution is 2.37. The van der Waals surface area contributed by atoms with Crippen molar-refractivity contribution in [3.8, 4) is 16.9 Å². The monoisotopic (exact) mass is 453 g/mol. The van der Waals surface area contributed by atoms with E-state index in [1.165, 1.54) is 29.2 Å². The minimum atomic E-state index is -1.85. The topological polar surface area (TPSA) is 78.0 Å². The van der Waals surface area contributed by atoms with E-state index in [2.05, 4.69) is 15.4 Å². The van der Waals surface area contributed by atoms with Gasteiger partial charge in [-0.05, 0) is 51.0 Å². The summed E-state index contributed by atoms with van der Waals surface area (Å²) in [5.74, 6) is -0.319. The smallest absolute Gasteiger partial charge is 0.166 e. The zero-order chi connectivity index (χ0) is 24.8. The van der Waals surface area contributed by atoms with Gasteiger partial charge in [0.1, 0.15) is 11.9 Å². The fourth-order valence-corrected chi connectivity index (χ4v) is 3.84. The first-order valence-corrected chi connectivity index (χ1v) is 9.97. The lowest BCUT2D eigenvalue weighted by Gasteiger charge is -2.22. The molecule has 0 saturated carbocycles. The van der Waals surface area contributed by atoms with Crippen molar-refractivity contribution < 1.29 is 14.6 Å². The van der Waals surface area contributed by atoms with Crippen LogP contribution in [0.15, 0.2) is 36.8 Å². The Morgan fingerprint density at radius 3 is 2.83 bits per heavy atom. The Bertz CT molecular complexity index is 1210. The maximum absolute atomic E-state index is 13.9. The van der Waals surface area contributed by atoms with Crippen LogP contribution in [-0.2, 0) is 0 Å². The Balaban J connectivity index is 1.64. The second-order valence-electron chi connectivity index (χ2n) is 6.75. The summed E-state index contributed by atoms with van der Waals surface area (Å²) in [6.07, 6.45) is 0.116. The van der Waals surface area contributed by atoms with Gasteiger partial charge in [-0.15, -0.1) is 0 Å². The molecule has 30 heavy (non-hydrogen) atoms. The van der Waals surface area contributed by atoms with Gasteiger partial charge in [0.2, 0.25) is 0 Å². The Kier molecular flexibility index (Phi) is 4.80. The van der Waals surface area contributed by atoms with E-state index in [-0.39, 0.29) is 40.3 Å². The number of hydrogen-bond donors (Lipinski definition) is 2. The van der Waals surface area contributed by atoms with E-state index in [9.17, 15) is 4.39 Å². The van der Waals surface area contributed by atoms with Crippen LogP contribution in [-0.4, -0.2) is 27.9 Å². The molecule has 1 unspecified atom stereocenters. The summed E-state index contributed by atoms with van der Waals surface area (Å²) < 4.78 is 54.2. The van der Waals surface area contributed by atoms with Crippen molar-refractivity contribution in [1.82, 2.24) is 20.1 Å². The molecule has 1 saturated heterocycles. The summed E-state index contributed by atoms with van der Waals surface area (Å²) in [7, 11) is 0. The number of ether oxygens (including phenoxy) is 1. The highest BCUT2D eigenvalue weighted by molar-refractivity contribution is 6.36. The van der Waals surface area contributed by atoms with Crippen LogP contribution in [0.25, 0.3) is 11.1 Å². The maximum atomic E-state index is 13.9. The van der Waals surface area contributed by atoms with Crippen molar-refractivity contribution in [3.63, 3.8) is 0 Å². The zero-order valence-electron chi connectivity index (χ0n) is 20.0. The van der Waals surface area contributed by atoms with E-state index in [4.69, 9.17) is 39.2 Å². The first-order chi connectivity index (χ1) is 15.9. The third-order valence-electron chi connectivity index (χ3n) is 4.71. The van der Waals surface area contributed by atoms with Gasteiger partial charge in [-0.1, -0.05) is 23.2 Å². The molecule has 1 aliphatic rings. The molecule has 6 nitrogen and oxygen atoms in total. The molecule has 1 aliphatic heterocycles. The van der Waals surface area contributed by atoms with Crippen molar-refractivity contribution >= 4 is 29.0 Å². The van der Waals surface area contributed by atoms with E-state index in [1.807, 2.05) is 0 Å². The molecule has 0 aliphatic carbocycles. The number of anilines is 1. The van der Waals surface area contributed by atoms with Gasteiger partial charge in [-0.3, -0.25) is 4.68 Å². The fraction of sp³-hybridized carbons (Fsp3) is 0.333. The molecule has 2 aromatic heterocycles. The van der Waals surface area contributed by atoms with Gasteiger partial charge in [0.25, 0.3) is 0 Å². The normalized spacial score (nSPS) is 21.2. The lowest BCUT2D eigenvalue weighted by Crippen LogP contribution is -2.29. The van der Waals surface area contributed by atoms with Crippen molar-refractivity contribution in [2.75, 3.05) is 18.8 Å².